The molecule has 1 aliphatic heterocycles. The van der Waals surface area contributed by atoms with Crippen molar-refractivity contribution in [1.82, 2.24) is 14.6 Å². The SMILES string of the molecule is C[C@@H]1COCCN1c1cc(C2(S(C)(=O)=O)CC2)c2ncc(Br)n2n1. The van der Waals surface area contributed by atoms with E-state index in [2.05, 4.69) is 37.8 Å². The number of hydrogen-bond acceptors (Lipinski definition) is 6. The highest BCUT2D eigenvalue weighted by molar-refractivity contribution is 9.10. The Morgan fingerprint density at radius 1 is 1.42 bits per heavy atom. The van der Waals surface area contributed by atoms with Crippen LogP contribution in [0, 0.1) is 0 Å². The Morgan fingerprint density at radius 2 is 2.17 bits per heavy atom. The Hall–Kier alpha value is -1.19. The third-order valence-corrected chi connectivity index (χ3v) is 7.57. The molecule has 2 aromatic rings. The maximum Gasteiger partial charge on any atom is 0.159 e. The fraction of sp³-hybridized carbons (Fsp3) is 0.600. The van der Waals surface area contributed by atoms with Crippen molar-refractivity contribution in [3.05, 3.63) is 22.4 Å². The first-order chi connectivity index (χ1) is 11.3. The Bertz CT molecular complexity index is 907. The summed E-state index contributed by atoms with van der Waals surface area (Å²) in [4.78, 5) is 6.55. The van der Waals surface area contributed by atoms with E-state index in [0.29, 0.717) is 36.3 Å². The molecule has 1 saturated carbocycles. The van der Waals surface area contributed by atoms with E-state index in [4.69, 9.17) is 4.74 Å². The summed E-state index contributed by atoms with van der Waals surface area (Å²) in [5, 5.41) is 4.68. The number of hydrogen-bond donors (Lipinski definition) is 0. The van der Waals surface area contributed by atoms with Gasteiger partial charge in [0.2, 0.25) is 0 Å². The van der Waals surface area contributed by atoms with Gasteiger partial charge in [-0.3, -0.25) is 0 Å². The molecule has 2 aliphatic rings. The van der Waals surface area contributed by atoms with Crippen molar-refractivity contribution in [2.24, 2.45) is 0 Å². The summed E-state index contributed by atoms with van der Waals surface area (Å²) in [5.41, 5.74) is 1.36. The van der Waals surface area contributed by atoms with E-state index in [1.165, 1.54) is 6.26 Å². The molecule has 3 heterocycles. The fourth-order valence-electron chi connectivity index (χ4n) is 3.43. The summed E-state index contributed by atoms with van der Waals surface area (Å²) in [6, 6.07) is 2.09. The molecule has 0 spiro atoms. The smallest absolute Gasteiger partial charge is 0.159 e. The maximum atomic E-state index is 12.4. The third kappa shape index (κ3) is 2.36. The van der Waals surface area contributed by atoms with Gasteiger partial charge in [0.1, 0.15) is 15.2 Å². The molecular formula is C15H19BrN4O3S. The molecule has 7 nitrogen and oxygen atoms in total. The Balaban J connectivity index is 1.93. The summed E-state index contributed by atoms with van der Waals surface area (Å²) < 4.78 is 31.9. The number of morpholine rings is 1. The molecule has 1 saturated heterocycles. The molecule has 0 bridgehead atoms. The lowest BCUT2D eigenvalue weighted by molar-refractivity contribution is 0.0984. The zero-order chi connectivity index (χ0) is 17.1. The average molecular weight is 415 g/mol. The Kier molecular flexibility index (Phi) is 3.67. The molecule has 0 radical (unpaired) electrons. The molecule has 4 rings (SSSR count). The van der Waals surface area contributed by atoms with Crippen molar-refractivity contribution in [1.29, 1.82) is 0 Å². The number of halogens is 1. The Labute approximate surface area is 149 Å². The normalized spacial score (nSPS) is 23.6. The van der Waals surface area contributed by atoms with E-state index in [0.717, 1.165) is 17.9 Å². The quantitative estimate of drug-likeness (QED) is 0.761. The number of nitrogens with zero attached hydrogens (tertiary/aromatic N) is 4. The predicted molar refractivity (Wildman–Crippen MR) is 94.1 cm³/mol. The molecule has 0 unspecified atom stereocenters. The van der Waals surface area contributed by atoms with Gasteiger partial charge in [0, 0.05) is 18.4 Å². The first-order valence-corrected chi connectivity index (χ1v) is 10.6. The zero-order valence-electron chi connectivity index (χ0n) is 13.6. The van der Waals surface area contributed by atoms with Gasteiger partial charge in [-0.25, -0.2) is 17.9 Å². The van der Waals surface area contributed by atoms with Crippen LogP contribution in [0.2, 0.25) is 0 Å². The summed E-state index contributed by atoms with van der Waals surface area (Å²) in [5.74, 6) is 0.766. The van der Waals surface area contributed by atoms with Crippen molar-refractivity contribution >= 4 is 37.2 Å². The van der Waals surface area contributed by atoms with Crippen LogP contribution in [-0.4, -0.2) is 55.1 Å². The molecule has 9 heteroatoms. The topological polar surface area (TPSA) is 76.8 Å². The van der Waals surface area contributed by atoms with Crippen molar-refractivity contribution in [2.45, 2.75) is 30.6 Å². The average Bonchev–Trinajstić information content (AvgIpc) is 3.27. The van der Waals surface area contributed by atoms with E-state index >= 15 is 0 Å². The molecule has 0 amide bonds. The van der Waals surface area contributed by atoms with Crippen molar-refractivity contribution in [3.8, 4) is 0 Å². The minimum Gasteiger partial charge on any atom is -0.377 e. The lowest BCUT2D eigenvalue weighted by Crippen LogP contribution is -2.44. The minimum atomic E-state index is -3.23. The highest BCUT2D eigenvalue weighted by Crippen LogP contribution is 2.54. The molecular weight excluding hydrogens is 396 g/mol. The molecule has 1 aliphatic carbocycles. The number of imidazole rings is 1. The summed E-state index contributed by atoms with van der Waals surface area (Å²) in [6.07, 6.45) is 4.24. The first-order valence-electron chi connectivity index (χ1n) is 7.92. The van der Waals surface area contributed by atoms with E-state index in [-0.39, 0.29) is 6.04 Å². The molecule has 0 N–H and O–H groups in total. The van der Waals surface area contributed by atoms with E-state index in [1.54, 1.807) is 10.7 Å². The largest absolute Gasteiger partial charge is 0.377 e. The van der Waals surface area contributed by atoms with Crippen LogP contribution >= 0.6 is 15.9 Å². The van der Waals surface area contributed by atoms with Gasteiger partial charge in [0.05, 0.1) is 25.5 Å². The van der Waals surface area contributed by atoms with Gasteiger partial charge in [-0.2, -0.15) is 0 Å². The van der Waals surface area contributed by atoms with Gasteiger partial charge in [-0.1, -0.05) is 0 Å². The van der Waals surface area contributed by atoms with Crippen LogP contribution < -0.4 is 4.90 Å². The lowest BCUT2D eigenvalue weighted by Gasteiger charge is -2.34. The van der Waals surface area contributed by atoms with Crippen LogP contribution in [0.1, 0.15) is 25.3 Å². The van der Waals surface area contributed by atoms with Crippen molar-refractivity contribution in [2.75, 3.05) is 30.9 Å². The number of ether oxygens (including phenoxy) is 1. The third-order valence-electron chi connectivity index (χ3n) is 4.98. The number of fused-ring (bicyclic) bond motifs is 1. The molecule has 24 heavy (non-hydrogen) atoms. The standard InChI is InChI=1S/C15H19BrN4O3S/c1-10-9-23-6-5-19(10)13-7-11(15(3-4-15)24(2,21)22)14-17-8-12(16)20(14)18-13/h7-8,10H,3-6,9H2,1-2H3/t10-/m1/s1. The van der Waals surface area contributed by atoms with E-state index in [9.17, 15) is 8.42 Å². The van der Waals surface area contributed by atoms with Gasteiger partial charge in [0.15, 0.2) is 15.5 Å². The van der Waals surface area contributed by atoms with Crippen LogP contribution in [0.5, 0.6) is 0 Å². The zero-order valence-corrected chi connectivity index (χ0v) is 16.0. The minimum absolute atomic E-state index is 0.187. The highest BCUT2D eigenvalue weighted by Gasteiger charge is 2.55. The first kappa shape index (κ1) is 16.3. The van der Waals surface area contributed by atoms with Crippen molar-refractivity contribution < 1.29 is 13.2 Å². The van der Waals surface area contributed by atoms with E-state index in [1.807, 2.05) is 6.07 Å². The van der Waals surface area contributed by atoms with Gasteiger partial charge in [-0.05, 0) is 41.8 Å². The Morgan fingerprint density at radius 3 is 2.79 bits per heavy atom. The highest BCUT2D eigenvalue weighted by atomic mass is 79.9. The monoisotopic (exact) mass is 414 g/mol. The second kappa shape index (κ2) is 5.40. The number of anilines is 1. The van der Waals surface area contributed by atoms with Crippen LogP contribution in [0.25, 0.3) is 5.65 Å². The van der Waals surface area contributed by atoms with Gasteiger partial charge in [-0.15, -0.1) is 5.10 Å². The predicted octanol–water partition coefficient (Wildman–Crippen LogP) is 1.75. The fourth-order valence-corrected chi connectivity index (χ4v) is 5.17. The summed E-state index contributed by atoms with van der Waals surface area (Å²) in [6.45, 7) is 4.09. The van der Waals surface area contributed by atoms with Gasteiger partial charge >= 0.3 is 0 Å². The molecule has 1 atom stereocenters. The summed E-state index contributed by atoms with van der Waals surface area (Å²) >= 11 is 3.46. The number of rotatable bonds is 3. The van der Waals surface area contributed by atoms with Gasteiger partial charge in [0.25, 0.3) is 0 Å². The van der Waals surface area contributed by atoms with E-state index < -0.39 is 14.6 Å². The van der Waals surface area contributed by atoms with Crippen LogP contribution in [0.3, 0.4) is 0 Å². The molecule has 0 aromatic carbocycles. The van der Waals surface area contributed by atoms with Crippen LogP contribution in [0.15, 0.2) is 16.9 Å². The second-order valence-electron chi connectivity index (χ2n) is 6.62. The van der Waals surface area contributed by atoms with Crippen LogP contribution in [-0.2, 0) is 19.3 Å². The van der Waals surface area contributed by atoms with Crippen LogP contribution in [0.4, 0.5) is 5.82 Å². The maximum absolute atomic E-state index is 12.4. The van der Waals surface area contributed by atoms with Gasteiger partial charge < -0.3 is 9.64 Å². The molecule has 2 fully saturated rings. The molecule has 130 valence electrons. The van der Waals surface area contributed by atoms with Crippen molar-refractivity contribution in [3.63, 3.8) is 0 Å². The molecule has 2 aromatic heterocycles. The summed E-state index contributed by atoms with van der Waals surface area (Å²) in [7, 11) is -3.23. The number of aromatic nitrogens is 3. The number of sulfone groups is 1. The lowest BCUT2D eigenvalue weighted by atomic mass is 10.1. The second-order valence-corrected chi connectivity index (χ2v) is 9.75.